The van der Waals surface area contributed by atoms with Crippen LogP contribution in [0.2, 0.25) is 0 Å². The lowest BCUT2D eigenvalue weighted by atomic mass is 9.33. The predicted molar refractivity (Wildman–Crippen MR) is 164 cm³/mol. The van der Waals surface area contributed by atoms with Crippen molar-refractivity contribution in [2.75, 3.05) is 6.61 Å². The minimum absolute atomic E-state index is 0.0218. The van der Waals surface area contributed by atoms with Crippen LogP contribution in [-0.2, 0) is 33.4 Å². The van der Waals surface area contributed by atoms with Crippen LogP contribution in [0, 0.1) is 56.7 Å². The normalized spacial score (nSPS) is 47.8. The highest BCUT2D eigenvalue weighted by Crippen LogP contribution is 2.76. The molecule has 5 rings (SSSR count). The molecule has 5 aliphatic rings. The van der Waals surface area contributed by atoms with Gasteiger partial charge >= 0.3 is 23.9 Å². The van der Waals surface area contributed by atoms with Gasteiger partial charge in [0.1, 0.15) is 18.8 Å². The molecule has 5 aliphatic carbocycles. The number of fused-ring (bicyclic) bond motifs is 7. The van der Waals surface area contributed by atoms with Gasteiger partial charge in [0.15, 0.2) is 0 Å². The molecule has 0 unspecified atom stereocenters. The zero-order valence-electron chi connectivity index (χ0n) is 28.3. The van der Waals surface area contributed by atoms with Crippen molar-refractivity contribution in [3.8, 4) is 0 Å². The maximum absolute atomic E-state index is 13.0. The lowest BCUT2D eigenvalue weighted by Gasteiger charge is -2.71. The van der Waals surface area contributed by atoms with E-state index in [0.29, 0.717) is 18.8 Å². The summed E-state index contributed by atoms with van der Waals surface area (Å²) in [7, 11) is 0. The second-order valence-electron chi connectivity index (χ2n) is 16.3. The number of hydrogen-bond donors (Lipinski definition) is 1. The van der Waals surface area contributed by atoms with Crippen LogP contribution in [-0.4, -0.2) is 47.8 Å². The molecule has 0 amide bonds. The van der Waals surface area contributed by atoms with Gasteiger partial charge in [0, 0.05) is 26.2 Å². The summed E-state index contributed by atoms with van der Waals surface area (Å²) in [6.45, 7) is 17.9. The maximum Gasteiger partial charge on any atom is 0.310 e. The fourth-order valence-corrected chi connectivity index (χ4v) is 11.9. The van der Waals surface area contributed by atoms with E-state index < -0.39 is 46.9 Å². The number of aliphatic carboxylic acids is 1. The zero-order chi connectivity index (χ0) is 32.6. The Hall–Kier alpha value is -2.38. The highest BCUT2D eigenvalue weighted by Gasteiger charge is 2.72. The summed E-state index contributed by atoms with van der Waals surface area (Å²) in [5.74, 6) is -0.893. The highest BCUT2D eigenvalue weighted by molar-refractivity contribution is 5.76. The number of rotatable bonds is 5. The molecule has 1 N–H and O–H groups in total. The van der Waals surface area contributed by atoms with Gasteiger partial charge in [-0.15, -0.1) is 0 Å². The molecule has 44 heavy (non-hydrogen) atoms. The van der Waals surface area contributed by atoms with Crippen LogP contribution in [0.1, 0.15) is 114 Å². The van der Waals surface area contributed by atoms with Crippen molar-refractivity contribution in [3.63, 3.8) is 0 Å². The molecule has 246 valence electrons. The van der Waals surface area contributed by atoms with Crippen LogP contribution in [0.15, 0.2) is 11.6 Å². The van der Waals surface area contributed by atoms with Gasteiger partial charge in [-0.1, -0.05) is 53.2 Å². The van der Waals surface area contributed by atoms with Gasteiger partial charge in [-0.25, -0.2) is 0 Å². The third kappa shape index (κ3) is 4.58. The Kier molecular flexibility index (Phi) is 8.15. The van der Waals surface area contributed by atoms with E-state index in [9.17, 15) is 24.3 Å². The van der Waals surface area contributed by atoms with Gasteiger partial charge < -0.3 is 19.3 Å². The number of carboxylic acid groups (broad SMARTS) is 1. The molecule has 0 radical (unpaired) electrons. The Morgan fingerprint density at radius 1 is 0.864 bits per heavy atom. The van der Waals surface area contributed by atoms with Gasteiger partial charge in [-0.3, -0.25) is 19.2 Å². The summed E-state index contributed by atoms with van der Waals surface area (Å²) in [6, 6.07) is 0. The standard InChI is InChI=1S/C36H54O8/c1-20-12-15-36(31(40)41)17-16-34(8)25(29(36)21(20)2)10-11-28-32(6)18-26(43-23(4)38)30(44-24(5)39)33(7,19-42-22(3)37)27(32)13-14-35(28,34)9/h10,20-21,26-30H,11-19H2,1-9H3,(H,40,41)/t20-,21+,26-,27-,28-,29+,30+,32+,33+,34-,35-,36+/m1/s1. The Morgan fingerprint density at radius 2 is 1.52 bits per heavy atom. The first kappa shape index (κ1) is 33.0. The monoisotopic (exact) mass is 614 g/mol. The molecule has 8 heteroatoms. The highest BCUT2D eigenvalue weighted by atomic mass is 16.6. The van der Waals surface area contributed by atoms with Gasteiger partial charge in [0.2, 0.25) is 0 Å². The summed E-state index contributed by atoms with van der Waals surface area (Å²) in [6.07, 6.45) is 7.35. The number of hydrogen-bond acceptors (Lipinski definition) is 7. The topological polar surface area (TPSA) is 116 Å². The van der Waals surface area contributed by atoms with Crippen molar-refractivity contribution in [1.82, 2.24) is 0 Å². The van der Waals surface area contributed by atoms with Gasteiger partial charge in [-0.2, -0.15) is 0 Å². The van der Waals surface area contributed by atoms with Crippen LogP contribution in [0.4, 0.5) is 0 Å². The average molecular weight is 615 g/mol. The molecule has 0 spiro atoms. The van der Waals surface area contributed by atoms with E-state index in [0.717, 1.165) is 38.5 Å². The van der Waals surface area contributed by atoms with E-state index >= 15 is 0 Å². The van der Waals surface area contributed by atoms with E-state index in [1.54, 1.807) is 0 Å². The van der Waals surface area contributed by atoms with Gasteiger partial charge in [0.25, 0.3) is 0 Å². The van der Waals surface area contributed by atoms with Crippen molar-refractivity contribution < 1.29 is 38.5 Å². The van der Waals surface area contributed by atoms with Crippen molar-refractivity contribution in [2.24, 2.45) is 56.7 Å². The van der Waals surface area contributed by atoms with E-state index in [1.807, 2.05) is 6.92 Å². The Labute approximate surface area is 263 Å². The van der Waals surface area contributed by atoms with Crippen LogP contribution < -0.4 is 0 Å². The molecule has 0 aromatic heterocycles. The molecule has 0 aromatic carbocycles. The number of carbonyl (C=O) groups is 4. The molecule has 0 saturated heterocycles. The smallest absolute Gasteiger partial charge is 0.310 e. The molecule has 4 saturated carbocycles. The molecule has 0 heterocycles. The first-order chi connectivity index (χ1) is 20.4. The second kappa shape index (κ2) is 10.9. The molecule has 4 fully saturated rings. The van der Waals surface area contributed by atoms with Crippen molar-refractivity contribution in [3.05, 3.63) is 11.6 Å². The lowest BCUT2D eigenvalue weighted by molar-refractivity contribution is -0.256. The van der Waals surface area contributed by atoms with Crippen LogP contribution in [0.3, 0.4) is 0 Å². The SMILES string of the molecule is CC(=O)OC[C@@]1(C)[C@@H]2CC[C@]3(C)[C@H](CC=C4[C@@H]5[C@@H](C)[C@H](C)CC[C@]5(C(=O)O)CC[C@]43C)[C@@]2(C)C[C@@H](OC(C)=O)[C@@H]1OC(C)=O. The minimum Gasteiger partial charge on any atom is -0.481 e. The molecule has 0 bridgehead atoms. The fraction of sp³-hybridized carbons (Fsp3) is 0.833. The number of allylic oxidation sites excluding steroid dienone is 2. The molecular weight excluding hydrogens is 560 g/mol. The quantitative estimate of drug-likeness (QED) is 0.206. The Morgan fingerprint density at radius 3 is 2.11 bits per heavy atom. The zero-order valence-corrected chi connectivity index (χ0v) is 28.3. The Balaban J connectivity index is 1.63. The molecule has 0 aromatic rings. The summed E-state index contributed by atoms with van der Waals surface area (Å²) < 4.78 is 17.6. The summed E-state index contributed by atoms with van der Waals surface area (Å²) in [5.41, 5.74) is -0.726. The van der Waals surface area contributed by atoms with Crippen LogP contribution in [0.25, 0.3) is 0 Å². The largest absolute Gasteiger partial charge is 0.481 e. The first-order valence-corrected chi connectivity index (χ1v) is 16.8. The van der Waals surface area contributed by atoms with Crippen LogP contribution >= 0.6 is 0 Å². The first-order valence-electron chi connectivity index (χ1n) is 16.8. The van der Waals surface area contributed by atoms with Crippen molar-refractivity contribution in [1.29, 1.82) is 0 Å². The third-order valence-electron chi connectivity index (χ3n) is 14.3. The second-order valence-corrected chi connectivity index (χ2v) is 16.3. The molecule has 0 aliphatic heterocycles. The van der Waals surface area contributed by atoms with Crippen LogP contribution in [0.5, 0.6) is 0 Å². The summed E-state index contributed by atoms with van der Waals surface area (Å²) in [4.78, 5) is 50.0. The number of ether oxygens (including phenoxy) is 3. The van der Waals surface area contributed by atoms with E-state index in [2.05, 4.69) is 40.7 Å². The van der Waals surface area contributed by atoms with Gasteiger partial charge in [-0.05, 0) is 97.2 Å². The number of esters is 3. The maximum atomic E-state index is 13.0. The van der Waals surface area contributed by atoms with E-state index in [1.165, 1.54) is 26.3 Å². The number of carboxylic acids is 1. The fourth-order valence-electron chi connectivity index (χ4n) is 11.9. The van der Waals surface area contributed by atoms with Gasteiger partial charge in [0.05, 0.1) is 5.41 Å². The minimum atomic E-state index is -0.769. The predicted octanol–water partition coefficient (Wildman–Crippen LogP) is 6.75. The third-order valence-corrected chi connectivity index (χ3v) is 14.3. The number of carbonyl (C=O) groups excluding carboxylic acids is 3. The summed E-state index contributed by atoms with van der Waals surface area (Å²) >= 11 is 0. The average Bonchev–Trinajstić information content (AvgIpc) is 2.91. The molecule has 8 nitrogen and oxygen atoms in total. The summed E-state index contributed by atoms with van der Waals surface area (Å²) in [5, 5.41) is 10.7. The lowest BCUT2D eigenvalue weighted by Crippen LogP contribution is -2.69. The molecule has 12 atom stereocenters. The van der Waals surface area contributed by atoms with E-state index in [-0.39, 0.29) is 46.5 Å². The Bertz CT molecular complexity index is 1260. The molecular formula is C36H54O8. The van der Waals surface area contributed by atoms with Crippen molar-refractivity contribution >= 4 is 23.9 Å². The van der Waals surface area contributed by atoms with Crippen molar-refractivity contribution in [2.45, 2.75) is 126 Å². The van der Waals surface area contributed by atoms with E-state index in [4.69, 9.17) is 14.2 Å².